The molecule has 37 heavy (non-hydrogen) atoms. The van der Waals surface area contributed by atoms with Crippen LogP contribution >= 0.6 is 11.3 Å². The minimum Gasteiger partial charge on any atom is -0.507 e. The van der Waals surface area contributed by atoms with Crippen LogP contribution in [-0.2, 0) is 10.8 Å². The van der Waals surface area contributed by atoms with E-state index in [0.29, 0.717) is 11.4 Å². The number of rotatable bonds is 6. The van der Waals surface area contributed by atoms with Crippen molar-refractivity contribution < 1.29 is 14.3 Å². The number of carbonyl (C=O) groups excluding carboxylic acids is 1. The van der Waals surface area contributed by atoms with Gasteiger partial charge in [-0.05, 0) is 76.9 Å². The fourth-order valence-corrected chi connectivity index (χ4v) is 4.84. The number of amides is 1. The molecule has 0 atom stereocenters. The van der Waals surface area contributed by atoms with Gasteiger partial charge in [0.2, 0.25) is 0 Å². The molecule has 0 aliphatic heterocycles. The first-order chi connectivity index (χ1) is 17.4. The van der Waals surface area contributed by atoms with E-state index in [1.807, 2.05) is 95.5 Å². The number of phenolic OH excluding ortho intramolecular Hbond substituents is 1. The van der Waals surface area contributed by atoms with Crippen LogP contribution in [0, 0.1) is 5.41 Å². The Morgan fingerprint density at radius 1 is 0.973 bits per heavy atom. The molecule has 0 radical (unpaired) electrons. The zero-order valence-electron chi connectivity index (χ0n) is 22.0. The Balaban J connectivity index is 1.56. The Morgan fingerprint density at radius 3 is 2.11 bits per heavy atom. The molecule has 192 valence electrons. The van der Waals surface area contributed by atoms with Gasteiger partial charge in [0, 0.05) is 28.1 Å². The molecule has 3 N–H and O–H groups in total. The van der Waals surface area contributed by atoms with Crippen molar-refractivity contribution >= 4 is 40.0 Å². The van der Waals surface area contributed by atoms with Crippen LogP contribution in [-0.4, -0.2) is 17.4 Å². The van der Waals surface area contributed by atoms with Gasteiger partial charge in [0.05, 0.1) is 6.34 Å². The first kappa shape index (κ1) is 26.2. The minimum absolute atomic E-state index is 0.196. The van der Waals surface area contributed by atoms with Crippen LogP contribution in [0.1, 0.15) is 63.2 Å². The summed E-state index contributed by atoms with van der Waals surface area (Å²) in [6, 6.07) is 18.6. The molecule has 1 amide bonds. The van der Waals surface area contributed by atoms with E-state index in [4.69, 9.17) is 9.83 Å². The lowest BCUT2D eigenvalue weighted by Gasteiger charge is -2.28. The normalized spacial score (nSPS) is 11.8. The Labute approximate surface area is 222 Å². The lowest BCUT2D eigenvalue weighted by Crippen LogP contribution is -2.19. The monoisotopic (exact) mass is 515 g/mol. The van der Waals surface area contributed by atoms with E-state index in [-0.39, 0.29) is 28.2 Å². The van der Waals surface area contributed by atoms with Crippen LogP contribution in [0.4, 0.5) is 16.4 Å². The highest BCUT2D eigenvalue weighted by atomic mass is 32.1. The van der Waals surface area contributed by atoms with Gasteiger partial charge in [-0.2, -0.15) is 0 Å². The maximum Gasteiger partial charge on any atom is 0.291 e. The molecule has 0 spiro atoms. The summed E-state index contributed by atoms with van der Waals surface area (Å²) in [6.07, 6.45) is 1.29. The van der Waals surface area contributed by atoms with Gasteiger partial charge in [-0.25, -0.2) is 0 Å². The Hall–Kier alpha value is -3.84. The molecule has 0 aliphatic rings. The van der Waals surface area contributed by atoms with Gasteiger partial charge >= 0.3 is 0 Å². The molecule has 4 aromatic rings. The summed E-state index contributed by atoms with van der Waals surface area (Å²) >= 11 is 1.56. The van der Waals surface area contributed by atoms with Crippen LogP contribution in [0.25, 0.3) is 11.3 Å². The first-order valence-electron chi connectivity index (χ1n) is 12.1. The number of nitrogens with zero attached hydrogens (tertiary/aromatic N) is 1. The molecule has 0 aliphatic carbocycles. The van der Waals surface area contributed by atoms with Crippen molar-refractivity contribution in [1.82, 2.24) is 0 Å². The fourth-order valence-electron chi connectivity index (χ4n) is 4.12. The van der Waals surface area contributed by atoms with Crippen molar-refractivity contribution in [2.45, 2.75) is 52.4 Å². The van der Waals surface area contributed by atoms with Crippen LogP contribution < -0.4 is 10.2 Å². The van der Waals surface area contributed by atoms with Crippen molar-refractivity contribution in [1.29, 1.82) is 5.41 Å². The summed E-state index contributed by atoms with van der Waals surface area (Å²) in [5, 5.41) is 24.6. The van der Waals surface area contributed by atoms with E-state index in [9.17, 15) is 9.90 Å². The third-order valence-corrected chi connectivity index (χ3v) is 6.98. The van der Waals surface area contributed by atoms with Gasteiger partial charge in [0.15, 0.2) is 5.76 Å². The second kappa shape index (κ2) is 9.90. The Morgan fingerprint density at radius 2 is 1.59 bits per heavy atom. The number of nitrogens with one attached hydrogen (secondary N) is 2. The smallest absolute Gasteiger partial charge is 0.291 e. The van der Waals surface area contributed by atoms with E-state index < -0.39 is 0 Å². The molecule has 2 heterocycles. The van der Waals surface area contributed by atoms with Gasteiger partial charge in [0.25, 0.3) is 5.91 Å². The quantitative estimate of drug-likeness (QED) is 0.137. The van der Waals surface area contributed by atoms with Crippen LogP contribution in [0.3, 0.4) is 0 Å². The molecule has 0 saturated heterocycles. The van der Waals surface area contributed by atoms with Gasteiger partial charge in [-0.3, -0.25) is 15.1 Å². The zero-order chi connectivity index (χ0) is 27.0. The third kappa shape index (κ3) is 5.62. The lowest BCUT2D eigenvalue weighted by molar-refractivity contribution is 0.0997. The second-order valence-corrected chi connectivity index (χ2v) is 12.0. The highest BCUT2D eigenvalue weighted by molar-refractivity contribution is 7.14. The van der Waals surface area contributed by atoms with Gasteiger partial charge < -0.3 is 14.8 Å². The first-order valence-corrected chi connectivity index (χ1v) is 13.0. The number of aromatic hydroxyl groups is 1. The maximum absolute atomic E-state index is 13.1. The number of benzene rings is 2. The number of thiophene rings is 1. The van der Waals surface area contributed by atoms with E-state index in [2.05, 4.69) is 5.32 Å². The molecular formula is C30H33N3O3S. The molecule has 0 unspecified atom stereocenters. The van der Waals surface area contributed by atoms with Crippen molar-refractivity contribution in [3.05, 3.63) is 82.9 Å². The summed E-state index contributed by atoms with van der Waals surface area (Å²) < 4.78 is 5.90. The summed E-state index contributed by atoms with van der Waals surface area (Å²) in [5.41, 5.74) is 3.25. The molecule has 2 aromatic heterocycles. The van der Waals surface area contributed by atoms with Crippen molar-refractivity contribution in [3.8, 4) is 17.1 Å². The van der Waals surface area contributed by atoms with Crippen LogP contribution in [0.15, 0.2) is 70.5 Å². The number of hydrogen-bond acceptors (Lipinski definition) is 5. The topological polar surface area (TPSA) is 89.6 Å². The van der Waals surface area contributed by atoms with Gasteiger partial charge in [-0.1, -0.05) is 41.5 Å². The molecule has 4 rings (SSSR count). The van der Waals surface area contributed by atoms with E-state index in [1.165, 1.54) is 6.34 Å². The number of carbonyl (C=O) groups is 1. The van der Waals surface area contributed by atoms with Gasteiger partial charge in [0.1, 0.15) is 16.5 Å². The summed E-state index contributed by atoms with van der Waals surface area (Å²) in [5.74, 6) is 0.676. The third-order valence-electron chi connectivity index (χ3n) is 6.12. The molecule has 0 bridgehead atoms. The average Bonchev–Trinajstić information content (AvgIpc) is 3.52. The molecule has 6 nitrogen and oxygen atoms in total. The summed E-state index contributed by atoms with van der Waals surface area (Å²) in [7, 11) is 0. The van der Waals surface area contributed by atoms with Crippen LogP contribution in [0.2, 0.25) is 0 Å². The average molecular weight is 516 g/mol. The fraction of sp³-hybridized carbons (Fsp3) is 0.267. The minimum atomic E-state index is -0.360. The number of hydrogen-bond donors (Lipinski definition) is 3. The maximum atomic E-state index is 13.1. The van der Waals surface area contributed by atoms with E-state index in [1.54, 1.807) is 28.4 Å². The number of phenols is 1. The predicted octanol–water partition coefficient (Wildman–Crippen LogP) is 8.31. The molecule has 2 aromatic carbocycles. The lowest BCUT2D eigenvalue weighted by atomic mass is 9.79. The highest BCUT2D eigenvalue weighted by Crippen LogP contribution is 2.41. The zero-order valence-corrected chi connectivity index (χ0v) is 22.9. The van der Waals surface area contributed by atoms with Gasteiger partial charge in [-0.15, -0.1) is 11.3 Å². The van der Waals surface area contributed by atoms with Crippen molar-refractivity contribution in [2.24, 2.45) is 0 Å². The van der Waals surface area contributed by atoms with Crippen molar-refractivity contribution in [3.63, 3.8) is 0 Å². The number of furan rings is 1. The standard InChI is InChI=1S/C30H33N3O3S/c1-29(2,3)22-16-20(17-23(27(22)34)30(4,5)6)32-28(35)25-14-13-24(36-25)19-9-11-21(12-10-19)33(18-31)26-8-7-15-37-26/h7-18,31,34H,1-6H3,(H,32,35). The largest absolute Gasteiger partial charge is 0.507 e. The predicted molar refractivity (Wildman–Crippen MR) is 153 cm³/mol. The van der Waals surface area contributed by atoms with Crippen molar-refractivity contribution in [2.75, 3.05) is 10.2 Å². The highest BCUT2D eigenvalue weighted by Gasteiger charge is 2.27. The summed E-state index contributed by atoms with van der Waals surface area (Å²) in [6.45, 7) is 12.2. The molecular weight excluding hydrogens is 482 g/mol. The van der Waals surface area contributed by atoms with E-state index in [0.717, 1.165) is 27.4 Å². The van der Waals surface area contributed by atoms with E-state index >= 15 is 0 Å². The SMILES string of the molecule is CC(C)(C)c1cc(NC(=O)c2ccc(-c3ccc(N(C=N)c4cccs4)cc3)o2)cc(C(C)(C)C)c1O. The molecule has 7 heteroatoms. The second-order valence-electron chi connectivity index (χ2n) is 11.0. The Kier molecular flexibility index (Phi) is 7.02. The summed E-state index contributed by atoms with van der Waals surface area (Å²) in [4.78, 5) is 14.9. The Bertz CT molecular complexity index is 1370. The van der Waals surface area contributed by atoms with Crippen LogP contribution in [0.5, 0.6) is 5.75 Å². The molecule has 0 saturated carbocycles. The molecule has 0 fully saturated rings. The number of anilines is 3.